The van der Waals surface area contributed by atoms with Crippen LogP contribution in [0, 0.1) is 6.92 Å². The second kappa shape index (κ2) is 9.92. The maximum absolute atomic E-state index is 12.5. The molecule has 0 unspecified atom stereocenters. The number of benzene rings is 3. The molecule has 148 valence electrons. The van der Waals surface area contributed by atoms with Crippen molar-refractivity contribution in [1.29, 1.82) is 0 Å². The number of hydrogen-bond acceptors (Lipinski definition) is 9. The van der Waals surface area contributed by atoms with E-state index in [-0.39, 0.29) is 45.2 Å². The number of rotatable bonds is 5. The summed E-state index contributed by atoms with van der Waals surface area (Å²) in [6.07, 6.45) is 0. The minimum Gasteiger partial charge on any atom is -0.744 e. The molecule has 3 aromatic carbocycles. The van der Waals surface area contributed by atoms with E-state index in [1.165, 1.54) is 24.3 Å². The van der Waals surface area contributed by atoms with Gasteiger partial charge in [0.2, 0.25) is 10.9 Å². The SMILES string of the molecule is Cc1cccc(N/N=c2/c(=O)cc/c(=N\Nc3ccc(S(=O)(=O)[O-])cc3)c2=O)c1.[Na+]. The molecular weight excluding hydrogens is 419 g/mol. The zero-order valence-corrected chi connectivity index (χ0v) is 18.9. The van der Waals surface area contributed by atoms with E-state index < -0.39 is 21.0 Å². The van der Waals surface area contributed by atoms with Crippen molar-refractivity contribution in [3.8, 4) is 0 Å². The monoisotopic (exact) mass is 434 g/mol. The molecule has 0 bridgehead atoms. The first kappa shape index (κ1) is 23.6. The van der Waals surface area contributed by atoms with E-state index in [0.29, 0.717) is 11.4 Å². The van der Waals surface area contributed by atoms with Gasteiger partial charge in [-0.1, -0.05) is 12.1 Å². The van der Waals surface area contributed by atoms with E-state index in [0.717, 1.165) is 17.7 Å². The predicted molar refractivity (Wildman–Crippen MR) is 105 cm³/mol. The van der Waals surface area contributed by atoms with Crippen molar-refractivity contribution in [2.75, 3.05) is 10.9 Å². The molecule has 0 atom stereocenters. The summed E-state index contributed by atoms with van der Waals surface area (Å²) < 4.78 is 32.8. The molecule has 0 saturated heterocycles. The maximum atomic E-state index is 12.5. The minimum atomic E-state index is -4.55. The van der Waals surface area contributed by atoms with Crippen LogP contribution in [0.15, 0.2) is 85.4 Å². The molecule has 0 fully saturated rings. The molecule has 0 aliphatic rings. The smallest absolute Gasteiger partial charge is 0.744 e. The van der Waals surface area contributed by atoms with Gasteiger partial charge in [-0.25, -0.2) is 8.42 Å². The van der Waals surface area contributed by atoms with Crippen LogP contribution in [0.5, 0.6) is 0 Å². The van der Waals surface area contributed by atoms with Gasteiger partial charge in [-0.05, 0) is 61.0 Å². The quantitative estimate of drug-likeness (QED) is 0.254. The normalized spacial score (nSPS) is 12.3. The van der Waals surface area contributed by atoms with E-state index in [2.05, 4.69) is 21.1 Å². The summed E-state index contributed by atoms with van der Waals surface area (Å²) in [6.45, 7) is 1.90. The van der Waals surface area contributed by atoms with Crippen LogP contribution in [0.3, 0.4) is 0 Å². The Morgan fingerprint density at radius 3 is 2.17 bits per heavy atom. The van der Waals surface area contributed by atoms with E-state index >= 15 is 0 Å². The fourth-order valence-electron chi connectivity index (χ4n) is 2.39. The van der Waals surface area contributed by atoms with Crippen LogP contribution in [0.25, 0.3) is 0 Å². The Kier molecular flexibility index (Phi) is 7.82. The molecular formula is C19H15N4NaO5S. The van der Waals surface area contributed by atoms with Gasteiger partial charge in [-0.15, -0.1) is 0 Å². The Bertz CT molecular complexity index is 1380. The molecule has 3 aromatic rings. The zero-order chi connectivity index (χ0) is 21.0. The summed E-state index contributed by atoms with van der Waals surface area (Å²) >= 11 is 0. The van der Waals surface area contributed by atoms with Gasteiger partial charge in [0.1, 0.15) is 15.5 Å². The molecule has 0 amide bonds. The molecule has 0 radical (unpaired) electrons. The molecule has 0 saturated carbocycles. The number of aryl methyl sites for hydroxylation is 1. The van der Waals surface area contributed by atoms with Crippen molar-refractivity contribution in [2.45, 2.75) is 11.8 Å². The molecule has 2 N–H and O–H groups in total. The van der Waals surface area contributed by atoms with Gasteiger partial charge in [0.25, 0.3) is 0 Å². The number of nitrogens with one attached hydrogen (secondary N) is 2. The molecule has 3 rings (SSSR count). The van der Waals surface area contributed by atoms with Gasteiger partial charge in [-0.2, -0.15) is 10.2 Å². The molecule has 9 nitrogen and oxygen atoms in total. The summed E-state index contributed by atoms with van der Waals surface area (Å²) in [5, 5.41) is 7.45. The number of nitrogens with zero attached hydrogens (tertiary/aromatic N) is 2. The molecule has 0 heterocycles. The third-order valence-electron chi connectivity index (χ3n) is 3.84. The van der Waals surface area contributed by atoms with Crippen molar-refractivity contribution in [1.82, 2.24) is 0 Å². The van der Waals surface area contributed by atoms with Crippen molar-refractivity contribution in [3.63, 3.8) is 0 Å². The average Bonchev–Trinajstić information content (AvgIpc) is 2.67. The first-order valence-corrected chi connectivity index (χ1v) is 9.72. The van der Waals surface area contributed by atoms with Crippen molar-refractivity contribution in [3.05, 3.63) is 97.4 Å². The Morgan fingerprint density at radius 2 is 1.53 bits per heavy atom. The predicted octanol–water partition coefficient (Wildman–Crippen LogP) is -2.65. The first-order chi connectivity index (χ1) is 13.7. The topological polar surface area (TPSA) is 140 Å². The van der Waals surface area contributed by atoms with Crippen LogP contribution in [-0.2, 0) is 10.1 Å². The second-order valence-corrected chi connectivity index (χ2v) is 7.44. The fourth-order valence-corrected chi connectivity index (χ4v) is 2.86. The van der Waals surface area contributed by atoms with E-state index in [4.69, 9.17) is 0 Å². The standard InChI is InChI=1S/C19H16N4O5S.Na/c1-12-3-2-4-14(11-12)21-23-18-17(24)10-9-16(19(18)25)22-20-13-5-7-15(8-6-13)29(26,27)28;/h2-11,20-21H,1H3,(H,26,27,28);/q;+1/p-1/b22-16+,23-18-;. The molecule has 11 heteroatoms. The summed E-state index contributed by atoms with van der Waals surface area (Å²) in [7, 11) is -4.55. The van der Waals surface area contributed by atoms with Gasteiger partial charge < -0.3 is 4.55 Å². The van der Waals surface area contributed by atoms with E-state index in [1.54, 1.807) is 12.1 Å². The summed E-state index contributed by atoms with van der Waals surface area (Å²) in [5.41, 5.74) is 5.97. The summed E-state index contributed by atoms with van der Waals surface area (Å²) in [5.74, 6) is 0. The molecule has 0 aromatic heterocycles. The molecule has 0 spiro atoms. The average molecular weight is 434 g/mol. The van der Waals surface area contributed by atoms with Gasteiger partial charge in [0.15, 0.2) is 5.36 Å². The Hall–Kier alpha value is -2.63. The van der Waals surface area contributed by atoms with Gasteiger partial charge in [-0.3, -0.25) is 20.4 Å². The van der Waals surface area contributed by atoms with Crippen molar-refractivity contribution >= 4 is 21.5 Å². The van der Waals surface area contributed by atoms with Gasteiger partial charge >= 0.3 is 29.6 Å². The Morgan fingerprint density at radius 1 is 0.867 bits per heavy atom. The van der Waals surface area contributed by atoms with Crippen LogP contribution in [0.4, 0.5) is 11.4 Å². The van der Waals surface area contributed by atoms with Crippen molar-refractivity contribution in [2.24, 2.45) is 10.2 Å². The van der Waals surface area contributed by atoms with Crippen LogP contribution in [-0.4, -0.2) is 13.0 Å². The maximum Gasteiger partial charge on any atom is 1.00 e. The van der Waals surface area contributed by atoms with Crippen LogP contribution in [0.1, 0.15) is 5.56 Å². The van der Waals surface area contributed by atoms with Crippen LogP contribution in [0.2, 0.25) is 0 Å². The largest absolute Gasteiger partial charge is 1.00 e. The van der Waals surface area contributed by atoms with E-state index in [9.17, 15) is 22.6 Å². The minimum absolute atomic E-state index is 0. The molecule has 0 aliphatic heterocycles. The summed E-state index contributed by atoms with van der Waals surface area (Å²) in [6, 6.07) is 14.6. The van der Waals surface area contributed by atoms with Crippen LogP contribution >= 0.6 is 0 Å². The Balaban J connectivity index is 0.00000320. The number of hydrogen-bond donors (Lipinski definition) is 2. The van der Waals surface area contributed by atoms with Gasteiger partial charge in [0.05, 0.1) is 16.3 Å². The van der Waals surface area contributed by atoms with Crippen molar-refractivity contribution < 1.29 is 42.5 Å². The number of anilines is 2. The third kappa shape index (κ3) is 5.94. The molecule has 0 aliphatic carbocycles. The third-order valence-corrected chi connectivity index (χ3v) is 4.69. The van der Waals surface area contributed by atoms with Crippen LogP contribution < -0.4 is 62.0 Å². The molecule has 30 heavy (non-hydrogen) atoms. The van der Waals surface area contributed by atoms with E-state index in [1.807, 2.05) is 19.1 Å². The zero-order valence-electron chi connectivity index (χ0n) is 16.1. The Labute approximate surface area is 193 Å². The first-order valence-electron chi connectivity index (χ1n) is 8.31. The second-order valence-electron chi connectivity index (χ2n) is 6.06. The van der Waals surface area contributed by atoms with Gasteiger partial charge in [0, 0.05) is 0 Å². The summed E-state index contributed by atoms with van der Waals surface area (Å²) in [4.78, 5) is 24.1. The fraction of sp³-hybridized carbons (Fsp3) is 0.0526.